The number of hydrogen-bond acceptors (Lipinski definition) is 3. The van der Waals surface area contributed by atoms with Crippen LogP contribution >= 0.6 is 0 Å². The molecule has 0 aromatic heterocycles. The minimum atomic E-state index is -1.01. The summed E-state index contributed by atoms with van der Waals surface area (Å²) in [6.07, 6.45) is 1.91. The molecule has 1 unspecified atom stereocenters. The van der Waals surface area contributed by atoms with Gasteiger partial charge in [0, 0.05) is 18.2 Å². The molecule has 0 bridgehead atoms. The first-order valence-corrected chi connectivity index (χ1v) is 5.88. The van der Waals surface area contributed by atoms with E-state index >= 15 is 0 Å². The van der Waals surface area contributed by atoms with E-state index in [1.165, 1.54) is 12.1 Å². The Morgan fingerprint density at radius 3 is 2.78 bits per heavy atom. The van der Waals surface area contributed by atoms with Crippen LogP contribution < -0.4 is 11.1 Å². The third kappa shape index (κ3) is 4.97. The average Bonchev–Trinajstić information content (AvgIpc) is 2.28. The van der Waals surface area contributed by atoms with Crippen LogP contribution in [-0.2, 0) is 4.79 Å². The summed E-state index contributed by atoms with van der Waals surface area (Å²) < 4.78 is 0. The number of carboxylic acid groups (broad SMARTS) is 1. The van der Waals surface area contributed by atoms with Gasteiger partial charge >= 0.3 is 5.97 Å². The van der Waals surface area contributed by atoms with E-state index in [0.717, 1.165) is 12.8 Å². The van der Waals surface area contributed by atoms with Crippen LogP contribution in [0.3, 0.4) is 0 Å². The number of carboxylic acids is 1. The summed E-state index contributed by atoms with van der Waals surface area (Å²) in [6.45, 7) is 1.90. The van der Waals surface area contributed by atoms with E-state index in [0.29, 0.717) is 12.1 Å². The molecule has 0 aliphatic heterocycles. The predicted molar refractivity (Wildman–Crippen MR) is 69.5 cm³/mol. The van der Waals surface area contributed by atoms with E-state index < -0.39 is 5.97 Å². The second-order valence-corrected chi connectivity index (χ2v) is 4.30. The second kappa shape index (κ2) is 6.76. The number of carbonyl (C=O) groups excluding carboxylic acids is 1. The molecule has 0 spiro atoms. The molecule has 98 valence electrons. The first kappa shape index (κ1) is 14.2. The highest BCUT2D eigenvalue weighted by molar-refractivity contribution is 5.93. The van der Waals surface area contributed by atoms with Crippen LogP contribution in [0.5, 0.6) is 0 Å². The summed E-state index contributed by atoms with van der Waals surface area (Å²) in [5, 5.41) is 11.5. The minimum Gasteiger partial charge on any atom is -0.478 e. The summed E-state index contributed by atoms with van der Waals surface area (Å²) >= 11 is 0. The van der Waals surface area contributed by atoms with Crippen LogP contribution in [0.25, 0.3) is 0 Å². The molecule has 0 aliphatic rings. The number of aromatic carboxylic acids is 1. The third-order valence-electron chi connectivity index (χ3n) is 2.46. The summed E-state index contributed by atoms with van der Waals surface area (Å²) in [7, 11) is 0. The normalized spacial score (nSPS) is 11.9. The molecule has 1 amide bonds. The number of rotatable bonds is 6. The molecular formula is C13H18N2O3. The zero-order chi connectivity index (χ0) is 13.5. The van der Waals surface area contributed by atoms with Crippen molar-refractivity contribution in [3.05, 3.63) is 29.8 Å². The first-order valence-electron chi connectivity index (χ1n) is 5.88. The van der Waals surface area contributed by atoms with Gasteiger partial charge in [-0.1, -0.05) is 6.07 Å². The van der Waals surface area contributed by atoms with Crippen molar-refractivity contribution in [1.82, 2.24) is 0 Å². The van der Waals surface area contributed by atoms with Crippen molar-refractivity contribution in [3.63, 3.8) is 0 Å². The fraction of sp³-hybridized carbons (Fsp3) is 0.385. The second-order valence-electron chi connectivity index (χ2n) is 4.30. The minimum absolute atomic E-state index is 0.0909. The SMILES string of the molecule is CC(N)CCCC(=O)Nc1cccc(C(=O)O)c1. The van der Waals surface area contributed by atoms with Crippen molar-refractivity contribution in [1.29, 1.82) is 0 Å². The van der Waals surface area contributed by atoms with Crippen molar-refractivity contribution in [2.24, 2.45) is 5.73 Å². The molecule has 1 atom stereocenters. The molecule has 5 heteroatoms. The topological polar surface area (TPSA) is 92.4 Å². The van der Waals surface area contributed by atoms with Gasteiger partial charge in [0.15, 0.2) is 0 Å². The van der Waals surface area contributed by atoms with Gasteiger partial charge in [-0.05, 0) is 38.0 Å². The van der Waals surface area contributed by atoms with Crippen LogP contribution in [0, 0.1) is 0 Å². The van der Waals surface area contributed by atoms with E-state index in [9.17, 15) is 9.59 Å². The van der Waals surface area contributed by atoms with Gasteiger partial charge in [0.25, 0.3) is 0 Å². The Morgan fingerprint density at radius 1 is 1.44 bits per heavy atom. The summed E-state index contributed by atoms with van der Waals surface area (Å²) in [5.74, 6) is -1.14. The Hall–Kier alpha value is -1.88. The van der Waals surface area contributed by atoms with Crippen LogP contribution in [0.2, 0.25) is 0 Å². The Labute approximate surface area is 106 Å². The lowest BCUT2D eigenvalue weighted by Crippen LogP contribution is -2.17. The zero-order valence-corrected chi connectivity index (χ0v) is 10.3. The number of carbonyl (C=O) groups is 2. The fourth-order valence-electron chi connectivity index (χ4n) is 1.54. The maximum Gasteiger partial charge on any atom is 0.335 e. The van der Waals surface area contributed by atoms with Crippen molar-refractivity contribution < 1.29 is 14.7 Å². The van der Waals surface area contributed by atoms with E-state index in [1.807, 2.05) is 6.92 Å². The smallest absolute Gasteiger partial charge is 0.335 e. The van der Waals surface area contributed by atoms with Crippen LogP contribution in [-0.4, -0.2) is 23.0 Å². The molecule has 4 N–H and O–H groups in total. The summed E-state index contributed by atoms with van der Waals surface area (Å²) in [5.41, 5.74) is 6.24. The highest BCUT2D eigenvalue weighted by Crippen LogP contribution is 2.11. The predicted octanol–water partition coefficient (Wildman–Crippen LogP) is 1.84. The molecule has 1 aromatic rings. The lowest BCUT2D eigenvalue weighted by atomic mass is 10.1. The number of nitrogens with one attached hydrogen (secondary N) is 1. The number of nitrogens with two attached hydrogens (primary N) is 1. The van der Waals surface area contributed by atoms with Gasteiger partial charge in [-0.25, -0.2) is 4.79 Å². The molecule has 0 heterocycles. The molecule has 0 fully saturated rings. The van der Waals surface area contributed by atoms with E-state index in [1.54, 1.807) is 12.1 Å². The molecular weight excluding hydrogens is 232 g/mol. The standard InChI is InChI=1S/C13H18N2O3/c1-9(14)4-2-7-12(16)15-11-6-3-5-10(8-11)13(17)18/h3,5-6,8-9H,2,4,7,14H2,1H3,(H,15,16)(H,17,18). The van der Waals surface area contributed by atoms with Crippen molar-refractivity contribution >= 4 is 17.6 Å². The molecule has 0 saturated heterocycles. The summed E-state index contributed by atoms with van der Waals surface area (Å²) in [4.78, 5) is 22.3. The molecule has 18 heavy (non-hydrogen) atoms. The van der Waals surface area contributed by atoms with Gasteiger partial charge < -0.3 is 16.2 Å². The van der Waals surface area contributed by atoms with Crippen LogP contribution in [0.4, 0.5) is 5.69 Å². The number of hydrogen-bond donors (Lipinski definition) is 3. The fourth-order valence-corrected chi connectivity index (χ4v) is 1.54. The van der Waals surface area contributed by atoms with Crippen molar-refractivity contribution in [3.8, 4) is 0 Å². The molecule has 5 nitrogen and oxygen atoms in total. The van der Waals surface area contributed by atoms with E-state index in [2.05, 4.69) is 5.32 Å². The van der Waals surface area contributed by atoms with Gasteiger partial charge in [0.1, 0.15) is 0 Å². The quantitative estimate of drug-likeness (QED) is 0.718. The third-order valence-corrected chi connectivity index (χ3v) is 2.46. The van der Waals surface area contributed by atoms with E-state index in [4.69, 9.17) is 10.8 Å². The molecule has 0 radical (unpaired) electrons. The lowest BCUT2D eigenvalue weighted by molar-refractivity contribution is -0.116. The van der Waals surface area contributed by atoms with Gasteiger partial charge in [-0.2, -0.15) is 0 Å². The van der Waals surface area contributed by atoms with Gasteiger partial charge in [-0.15, -0.1) is 0 Å². The molecule has 1 aromatic carbocycles. The Morgan fingerprint density at radius 2 is 2.17 bits per heavy atom. The zero-order valence-electron chi connectivity index (χ0n) is 10.3. The monoisotopic (exact) mass is 250 g/mol. The van der Waals surface area contributed by atoms with Crippen molar-refractivity contribution in [2.45, 2.75) is 32.2 Å². The number of anilines is 1. The largest absolute Gasteiger partial charge is 0.478 e. The van der Waals surface area contributed by atoms with Crippen LogP contribution in [0.15, 0.2) is 24.3 Å². The van der Waals surface area contributed by atoms with Crippen LogP contribution in [0.1, 0.15) is 36.5 Å². The lowest BCUT2D eigenvalue weighted by Gasteiger charge is -2.07. The Balaban J connectivity index is 2.49. The van der Waals surface area contributed by atoms with Crippen molar-refractivity contribution in [2.75, 3.05) is 5.32 Å². The van der Waals surface area contributed by atoms with Gasteiger partial charge in [-0.3, -0.25) is 4.79 Å². The molecule has 0 saturated carbocycles. The van der Waals surface area contributed by atoms with Gasteiger partial charge in [0.2, 0.25) is 5.91 Å². The maximum atomic E-state index is 11.6. The first-order chi connectivity index (χ1) is 8.49. The van der Waals surface area contributed by atoms with Gasteiger partial charge in [0.05, 0.1) is 5.56 Å². The Bertz CT molecular complexity index is 430. The highest BCUT2D eigenvalue weighted by Gasteiger charge is 2.06. The average molecular weight is 250 g/mol. The van der Waals surface area contributed by atoms with E-state index in [-0.39, 0.29) is 17.5 Å². The highest BCUT2D eigenvalue weighted by atomic mass is 16.4. The summed E-state index contributed by atoms with van der Waals surface area (Å²) in [6, 6.07) is 6.27. The Kier molecular flexibility index (Phi) is 5.32. The number of benzene rings is 1. The maximum absolute atomic E-state index is 11.6. The molecule has 0 aliphatic carbocycles. The number of amides is 1. The molecule has 1 rings (SSSR count).